The molecule has 1 fully saturated rings. The van der Waals surface area contributed by atoms with E-state index in [0.717, 1.165) is 6.54 Å². The lowest BCUT2D eigenvalue weighted by atomic mass is 10.1. The summed E-state index contributed by atoms with van der Waals surface area (Å²) in [5.74, 6) is 0. The molecule has 0 saturated heterocycles. The van der Waals surface area contributed by atoms with Crippen molar-refractivity contribution in [3.05, 3.63) is 0 Å². The van der Waals surface area contributed by atoms with Crippen molar-refractivity contribution < 1.29 is 4.39 Å². The molecule has 72 valence electrons. The number of thioether (sulfide) groups is 1. The van der Waals surface area contributed by atoms with Crippen LogP contribution in [0.3, 0.4) is 0 Å². The van der Waals surface area contributed by atoms with Crippen molar-refractivity contribution in [2.45, 2.75) is 30.4 Å². The summed E-state index contributed by atoms with van der Waals surface area (Å²) in [5.41, 5.74) is 0. The van der Waals surface area contributed by atoms with Crippen LogP contribution in [0.15, 0.2) is 0 Å². The third-order valence-electron chi connectivity index (χ3n) is 2.67. The average Bonchev–Trinajstić information content (AvgIpc) is 2.55. The normalized spacial score (nSPS) is 21.5. The predicted molar refractivity (Wildman–Crippen MR) is 53.6 cm³/mol. The third-order valence-corrected chi connectivity index (χ3v) is 4.08. The van der Waals surface area contributed by atoms with Gasteiger partial charge >= 0.3 is 0 Å². The van der Waals surface area contributed by atoms with Crippen LogP contribution >= 0.6 is 11.8 Å². The summed E-state index contributed by atoms with van der Waals surface area (Å²) in [5, 5.41) is 3.17. The maximum atomic E-state index is 11.8. The zero-order chi connectivity index (χ0) is 8.86. The Bertz CT molecular complexity index is 124. The summed E-state index contributed by atoms with van der Waals surface area (Å²) in [6.07, 6.45) is 7.46. The molecule has 1 N–H and O–H groups in total. The van der Waals surface area contributed by atoms with Crippen LogP contribution in [0.4, 0.5) is 4.39 Å². The average molecular weight is 191 g/mol. The number of hydrogen-bond donors (Lipinski definition) is 1. The van der Waals surface area contributed by atoms with Gasteiger partial charge < -0.3 is 5.32 Å². The molecule has 0 spiro atoms. The van der Waals surface area contributed by atoms with Gasteiger partial charge in [-0.05, 0) is 19.1 Å². The third kappa shape index (κ3) is 2.63. The highest BCUT2D eigenvalue weighted by atomic mass is 32.2. The SMILES string of the molecule is CSC1(CNCCF)CCCC1. The molecule has 12 heavy (non-hydrogen) atoms. The molecule has 0 aromatic rings. The molecule has 1 aliphatic carbocycles. The van der Waals surface area contributed by atoms with E-state index < -0.39 is 0 Å². The maximum absolute atomic E-state index is 11.8. The van der Waals surface area contributed by atoms with E-state index in [-0.39, 0.29) is 6.67 Å². The minimum Gasteiger partial charge on any atom is -0.313 e. The van der Waals surface area contributed by atoms with Crippen LogP contribution < -0.4 is 5.32 Å². The van der Waals surface area contributed by atoms with E-state index in [4.69, 9.17) is 0 Å². The molecule has 0 atom stereocenters. The van der Waals surface area contributed by atoms with Crippen LogP contribution in [0.25, 0.3) is 0 Å². The monoisotopic (exact) mass is 191 g/mol. The van der Waals surface area contributed by atoms with Gasteiger partial charge in [0.05, 0.1) is 0 Å². The van der Waals surface area contributed by atoms with E-state index in [0.29, 0.717) is 11.3 Å². The van der Waals surface area contributed by atoms with Gasteiger partial charge in [-0.15, -0.1) is 0 Å². The van der Waals surface area contributed by atoms with Gasteiger partial charge in [-0.2, -0.15) is 11.8 Å². The van der Waals surface area contributed by atoms with E-state index in [1.54, 1.807) is 0 Å². The lowest BCUT2D eigenvalue weighted by Gasteiger charge is -2.26. The molecule has 0 heterocycles. The van der Waals surface area contributed by atoms with Gasteiger partial charge in [-0.25, -0.2) is 4.39 Å². The molecule has 0 aromatic carbocycles. The quantitative estimate of drug-likeness (QED) is 0.669. The smallest absolute Gasteiger partial charge is 0.102 e. The van der Waals surface area contributed by atoms with E-state index >= 15 is 0 Å². The van der Waals surface area contributed by atoms with Gasteiger partial charge in [-0.1, -0.05) is 12.8 Å². The van der Waals surface area contributed by atoms with Crippen LogP contribution in [0, 0.1) is 0 Å². The second-order valence-electron chi connectivity index (χ2n) is 3.46. The Morgan fingerprint density at radius 2 is 2.08 bits per heavy atom. The standard InChI is InChI=1S/C9H18FNS/c1-12-9(4-2-3-5-9)8-11-7-6-10/h11H,2-8H2,1H3. The zero-order valence-electron chi connectivity index (χ0n) is 7.74. The Kier molecular flexibility index (Phi) is 4.36. The van der Waals surface area contributed by atoms with Gasteiger partial charge in [0.2, 0.25) is 0 Å². The summed E-state index contributed by atoms with van der Waals surface area (Å²) in [6.45, 7) is 1.25. The van der Waals surface area contributed by atoms with Gasteiger partial charge in [-0.3, -0.25) is 0 Å². The Hall–Kier alpha value is 0.240. The molecule has 0 unspecified atom stereocenters. The van der Waals surface area contributed by atoms with Crippen LogP contribution in [-0.2, 0) is 0 Å². The number of rotatable bonds is 5. The highest BCUT2D eigenvalue weighted by Crippen LogP contribution is 2.39. The molecule has 0 aromatic heterocycles. The van der Waals surface area contributed by atoms with Crippen molar-refractivity contribution in [2.75, 3.05) is 26.0 Å². The van der Waals surface area contributed by atoms with E-state index in [1.807, 2.05) is 11.8 Å². The first-order valence-electron chi connectivity index (χ1n) is 4.65. The Labute approximate surface area is 78.5 Å². The Balaban J connectivity index is 2.24. The molecular weight excluding hydrogens is 173 g/mol. The summed E-state index contributed by atoms with van der Waals surface area (Å²) >= 11 is 1.95. The lowest BCUT2D eigenvalue weighted by molar-refractivity contribution is 0.447. The van der Waals surface area contributed by atoms with Crippen LogP contribution in [-0.4, -0.2) is 30.8 Å². The second kappa shape index (κ2) is 5.07. The number of hydrogen-bond acceptors (Lipinski definition) is 2. The molecule has 0 radical (unpaired) electrons. The highest BCUT2D eigenvalue weighted by Gasteiger charge is 2.32. The molecule has 1 saturated carbocycles. The summed E-state index contributed by atoms with van der Waals surface area (Å²) in [7, 11) is 0. The molecule has 3 heteroatoms. The van der Waals surface area contributed by atoms with Crippen LogP contribution in [0.1, 0.15) is 25.7 Å². The van der Waals surface area contributed by atoms with Crippen molar-refractivity contribution in [3.8, 4) is 0 Å². The van der Waals surface area contributed by atoms with Gasteiger partial charge in [0.25, 0.3) is 0 Å². The van der Waals surface area contributed by atoms with Crippen molar-refractivity contribution in [1.29, 1.82) is 0 Å². The van der Waals surface area contributed by atoms with E-state index in [1.165, 1.54) is 25.7 Å². The molecule has 1 rings (SSSR count). The molecule has 0 amide bonds. The highest BCUT2D eigenvalue weighted by molar-refractivity contribution is 8.00. The second-order valence-corrected chi connectivity index (χ2v) is 4.73. The number of alkyl halides is 1. The van der Waals surface area contributed by atoms with Crippen LogP contribution in [0.5, 0.6) is 0 Å². The Morgan fingerprint density at radius 1 is 1.42 bits per heavy atom. The topological polar surface area (TPSA) is 12.0 Å². The molecule has 0 bridgehead atoms. The molecule has 1 aliphatic rings. The van der Waals surface area contributed by atoms with Gasteiger partial charge in [0, 0.05) is 17.8 Å². The molecule has 0 aliphatic heterocycles. The maximum Gasteiger partial charge on any atom is 0.102 e. The minimum atomic E-state index is -0.246. The fourth-order valence-electron chi connectivity index (χ4n) is 1.86. The van der Waals surface area contributed by atoms with E-state index in [9.17, 15) is 4.39 Å². The number of halogens is 1. The van der Waals surface area contributed by atoms with Crippen molar-refractivity contribution in [3.63, 3.8) is 0 Å². The van der Waals surface area contributed by atoms with Crippen LogP contribution in [0.2, 0.25) is 0 Å². The first-order chi connectivity index (χ1) is 5.83. The first kappa shape index (κ1) is 10.3. The molecular formula is C9H18FNS. The summed E-state index contributed by atoms with van der Waals surface area (Å²) < 4.78 is 12.3. The van der Waals surface area contributed by atoms with Crippen molar-refractivity contribution in [2.24, 2.45) is 0 Å². The van der Waals surface area contributed by atoms with Crippen molar-refractivity contribution >= 4 is 11.8 Å². The van der Waals surface area contributed by atoms with Gasteiger partial charge in [0.1, 0.15) is 6.67 Å². The summed E-state index contributed by atoms with van der Waals surface area (Å²) in [6, 6.07) is 0. The van der Waals surface area contributed by atoms with Gasteiger partial charge in [0.15, 0.2) is 0 Å². The predicted octanol–water partition coefficient (Wildman–Crippen LogP) is 2.22. The fraction of sp³-hybridized carbons (Fsp3) is 1.00. The number of nitrogens with one attached hydrogen (secondary N) is 1. The summed E-state index contributed by atoms with van der Waals surface area (Å²) in [4.78, 5) is 0. The fourth-order valence-corrected chi connectivity index (χ4v) is 2.80. The minimum absolute atomic E-state index is 0.246. The lowest BCUT2D eigenvalue weighted by Crippen LogP contribution is -2.35. The van der Waals surface area contributed by atoms with E-state index in [2.05, 4.69) is 11.6 Å². The van der Waals surface area contributed by atoms with Crippen molar-refractivity contribution in [1.82, 2.24) is 5.32 Å². The largest absolute Gasteiger partial charge is 0.313 e. The molecule has 1 nitrogen and oxygen atoms in total. The first-order valence-corrected chi connectivity index (χ1v) is 5.87. The Morgan fingerprint density at radius 3 is 2.58 bits per heavy atom. The zero-order valence-corrected chi connectivity index (χ0v) is 8.55.